The smallest absolute Gasteiger partial charge is 0.270 e. The van der Waals surface area contributed by atoms with Crippen molar-refractivity contribution in [3.05, 3.63) is 88.0 Å². The second kappa shape index (κ2) is 11.8. The Bertz CT molecular complexity index is 1110. The number of amides is 2. The summed E-state index contributed by atoms with van der Waals surface area (Å²) in [5.41, 5.74) is 1.86. The average Bonchev–Trinajstić information content (AvgIpc) is 3.34. The summed E-state index contributed by atoms with van der Waals surface area (Å²) in [7, 11) is 0. The normalized spacial score (nSPS) is 11.5. The summed E-state index contributed by atoms with van der Waals surface area (Å²) in [5, 5.41) is 20.7. The Labute approximate surface area is 194 Å². The van der Waals surface area contributed by atoms with Gasteiger partial charge in [-0.2, -0.15) is 16.9 Å². The maximum absolute atomic E-state index is 12.9. The number of non-ortho nitro benzene ring substituents is 1. The molecule has 0 saturated carbocycles. The van der Waals surface area contributed by atoms with Gasteiger partial charge in [0.15, 0.2) is 0 Å². The van der Waals surface area contributed by atoms with Crippen molar-refractivity contribution in [3.63, 3.8) is 0 Å². The van der Waals surface area contributed by atoms with Gasteiger partial charge in [-0.3, -0.25) is 19.7 Å². The van der Waals surface area contributed by atoms with Gasteiger partial charge in [-0.15, -0.1) is 0 Å². The van der Waals surface area contributed by atoms with Crippen molar-refractivity contribution < 1.29 is 14.5 Å². The Hall–Kier alpha value is -3.73. The molecule has 1 unspecified atom stereocenters. The van der Waals surface area contributed by atoms with Gasteiger partial charge in [0.05, 0.1) is 11.5 Å². The monoisotopic (exact) mass is 468 g/mol. The van der Waals surface area contributed by atoms with E-state index in [0.29, 0.717) is 18.7 Å². The summed E-state index contributed by atoms with van der Waals surface area (Å²) < 4.78 is 1.70. The van der Waals surface area contributed by atoms with E-state index in [-0.39, 0.29) is 23.7 Å². The molecule has 0 radical (unpaired) electrons. The molecule has 3 aromatic rings. The topological polar surface area (TPSA) is 132 Å². The van der Waals surface area contributed by atoms with Crippen molar-refractivity contribution in [1.82, 2.24) is 25.4 Å². The van der Waals surface area contributed by atoms with Crippen LogP contribution in [0, 0.1) is 10.1 Å². The van der Waals surface area contributed by atoms with Crippen LogP contribution < -0.4 is 10.6 Å². The highest BCUT2D eigenvalue weighted by Crippen LogP contribution is 2.14. The molecule has 11 heteroatoms. The molecular weight excluding hydrogens is 444 g/mol. The number of nitro groups is 1. The van der Waals surface area contributed by atoms with Gasteiger partial charge in [-0.1, -0.05) is 30.3 Å². The van der Waals surface area contributed by atoms with Gasteiger partial charge in [-0.05, 0) is 35.6 Å². The number of benzene rings is 2. The lowest BCUT2D eigenvalue weighted by molar-refractivity contribution is -0.384. The van der Waals surface area contributed by atoms with E-state index in [1.165, 1.54) is 30.6 Å². The zero-order valence-corrected chi connectivity index (χ0v) is 18.8. The Kier molecular flexibility index (Phi) is 8.53. The van der Waals surface area contributed by atoms with Crippen LogP contribution in [0.5, 0.6) is 0 Å². The van der Waals surface area contributed by atoms with Gasteiger partial charge in [0.25, 0.3) is 11.6 Å². The summed E-state index contributed by atoms with van der Waals surface area (Å²) in [5.74, 6) is -0.194. The number of hydrogen-bond acceptors (Lipinski definition) is 7. The standard InChI is InChI=1S/C22H24N6O4S/c1-33-10-9-20(26-21(29)16-7-4-8-19(11-16)28(31)32)22(30)24-12-17-5-2-3-6-18(17)13-27-15-23-14-25-27/h2-8,11,14-15,20H,9-10,12-13H2,1H3,(H,24,30)(H,26,29). The first-order valence-corrected chi connectivity index (χ1v) is 11.6. The van der Waals surface area contributed by atoms with E-state index in [9.17, 15) is 19.7 Å². The van der Waals surface area contributed by atoms with Gasteiger partial charge >= 0.3 is 0 Å². The van der Waals surface area contributed by atoms with E-state index >= 15 is 0 Å². The molecule has 0 aliphatic carbocycles. The third-order valence-corrected chi connectivity index (χ3v) is 5.57. The van der Waals surface area contributed by atoms with Gasteiger partial charge in [-0.25, -0.2) is 9.67 Å². The second-order valence-corrected chi connectivity index (χ2v) is 8.18. The van der Waals surface area contributed by atoms with E-state index in [1.54, 1.807) is 22.8 Å². The van der Waals surface area contributed by atoms with Crippen molar-refractivity contribution in [2.75, 3.05) is 12.0 Å². The van der Waals surface area contributed by atoms with E-state index in [2.05, 4.69) is 20.7 Å². The van der Waals surface area contributed by atoms with Crippen LogP contribution in [0.4, 0.5) is 5.69 Å². The Morgan fingerprint density at radius 3 is 2.67 bits per heavy atom. The van der Waals surface area contributed by atoms with E-state index in [4.69, 9.17) is 0 Å². The quantitative estimate of drug-likeness (QED) is 0.326. The zero-order chi connectivity index (χ0) is 23.6. The Morgan fingerprint density at radius 2 is 1.97 bits per heavy atom. The first-order valence-electron chi connectivity index (χ1n) is 10.2. The van der Waals surface area contributed by atoms with Crippen LogP contribution in [0.2, 0.25) is 0 Å². The molecule has 0 spiro atoms. The molecule has 2 N–H and O–H groups in total. The number of rotatable bonds is 11. The minimum absolute atomic E-state index is 0.129. The summed E-state index contributed by atoms with van der Waals surface area (Å²) in [6.45, 7) is 0.803. The summed E-state index contributed by atoms with van der Waals surface area (Å²) in [6.07, 6.45) is 5.42. The van der Waals surface area contributed by atoms with Crippen molar-refractivity contribution in [2.45, 2.75) is 25.6 Å². The zero-order valence-electron chi connectivity index (χ0n) is 18.0. The molecule has 10 nitrogen and oxygen atoms in total. The lowest BCUT2D eigenvalue weighted by Crippen LogP contribution is -2.47. The number of hydrogen-bond donors (Lipinski definition) is 2. The molecule has 172 valence electrons. The molecular formula is C22H24N6O4S. The minimum Gasteiger partial charge on any atom is -0.350 e. The molecule has 0 saturated heterocycles. The minimum atomic E-state index is -0.772. The first-order chi connectivity index (χ1) is 16.0. The fourth-order valence-corrected chi connectivity index (χ4v) is 3.66. The Balaban J connectivity index is 1.67. The fourth-order valence-electron chi connectivity index (χ4n) is 3.19. The molecule has 0 aliphatic rings. The predicted octanol–water partition coefficient (Wildman–Crippen LogP) is 2.40. The third-order valence-electron chi connectivity index (χ3n) is 4.92. The molecule has 0 bridgehead atoms. The van der Waals surface area contributed by atoms with Crippen molar-refractivity contribution in [3.8, 4) is 0 Å². The van der Waals surface area contributed by atoms with Gasteiger partial charge < -0.3 is 10.6 Å². The molecule has 1 atom stereocenters. The molecule has 33 heavy (non-hydrogen) atoms. The number of carbonyl (C=O) groups is 2. The lowest BCUT2D eigenvalue weighted by Gasteiger charge is -2.19. The molecule has 3 rings (SSSR count). The fraction of sp³-hybridized carbons (Fsp3) is 0.273. The van der Waals surface area contributed by atoms with Crippen LogP contribution in [0.15, 0.2) is 61.2 Å². The van der Waals surface area contributed by atoms with Gasteiger partial charge in [0.1, 0.15) is 18.7 Å². The van der Waals surface area contributed by atoms with Crippen LogP contribution in [-0.4, -0.2) is 49.6 Å². The molecule has 2 amide bonds. The van der Waals surface area contributed by atoms with E-state index in [1.807, 2.05) is 30.5 Å². The summed E-state index contributed by atoms with van der Waals surface area (Å²) in [6, 6.07) is 12.3. The van der Waals surface area contributed by atoms with Crippen LogP contribution >= 0.6 is 11.8 Å². The summed E-state index contributed by atoms with van der Waals surface area (Å²) >= 11 is 1.56. The number of nitrogens with one attached hydrogen (secondary N) is 2. The average molecular weight is 469 g/mol. The first kappa shape index (κ1) is 23.9. The number of thioether (sulfide) groups is 1. The molecule has 0 aliphatic heterocycles. The maximum atomic E-state index is 12.9. The van der Waals surface area contributed by atoms with Crippen molar-refractivity contribution in [1.29, 1.82) is 0 Å². The van der Waals surface area contributed by atoms with Gasteiger partial charge in [0, 0.05) is 24.2 Å². The number of carbonyl (C=O) groups excluding carboxylic acids is 2. The highest BCUT2D eigenvalue weighted by molar-refractivity contribution is 7.98. The summed E-state index contributed by atoms with van der Waals surface area (Å²) in [4.78, 5) is 40.0. The third kappa shape index (κ3) is 6.88. The van der Waals surface area contributed by atoms with Crippen molar-refractivity contribution in [2.24, 2.45) is 0 Å². The predicted molar refractivity (Wildman–Crippen MR) is 125 cm³/mol. The largest absolute Gasteiger partial charge is 0.350 e. The SMILES string of the molecule is CSCCC(NC(=O)c1cccc([N+](=O)[O-])c1)C(=O)NCc1ccccc1Cn1cncn1. The van der Waals surface area contributed by atoms with Gasteiger partial charge in [0.2, 0.25) is 5.91 Å². The van der Waals surface area contributed by atoms with Crippen LogP contribution in [0.1, 0.15) is 27.9 Å². The molecule has 2 aromatic carbocycles. The van der Waals surface area contributed by atoms with Crippen LogP contribution in [0.25, 0.3) is 0 Å². The van der Waals surface area contributed by atoms with E-state index < -0.39 is 16.9 Å². The maximum Gasteiger partial charge on any atom is 0.270 e. The highest BCUT2D eigenvalue weighted by Gasteiger charge is 2.22. The van der Waals surface area contributed by atoms with E-state index in [0.717, 1.165) is 11.1 Å². The highest BCUT2D eigenvalue weighted by atomic mass is 32.2. The lowest BCUT2D eigenvalue weighted by atomic mass is 10.1. The van der Waals surface area contributed by atoms with Crippen LogP contribution in [0.3, 0.4) is 0 Å². The number of nitro benzene ring substituents is 1. The second-order valence-electron chi connectivity index (χ2n) is 7.19. The molecule has 0 fully saturated rings. The molecule has 1 heterocycles. The number of nitrogens with zero attached hydrogens (tertiary/aromatic N) is 4. The number of aromatic nitrogens is 3. The van der Waals surface area contributed by atoms with Crippen LogP contribution in [-0.2, 0) is 17.9 Å². The van der Waals surface area contributed by atoms with Crippen molar-refractivity contribution >= 4 is 29.3 Å². The Morgan fingerprint density at radius 1 is 1.18 bits per heavy atom. The molecule has 1 aromatic heterocycles.